The fourth-order valence-electron chi connectivity index (χ4n) is 6.10. The number of fused-ring (bicyclic) bond motifs is 2. The van der Waals surface area contributed by atoms with Gasteiger partial charge in [0.2, 0.25) is 0 Å². The van der Waals surface area contributed by atoms with Gasteiger partial charge in [0.15, 0.2) is 5.72 Å². The molecule has 4 atom stereocenters. The third kappa shape index (κ3) is 1.84. The van der Waals surface area contributed by atoms with Crippen LogP contribution in [0.3, 0.4) is 0 Å². The molecular weight excluding hydrogens is 340 g/mol. The number of methoxy groups -OCH3 is 1. The number of ether oxygens (including phenoxy) is 2. The molecule has 0 spiro atoms. The number of anilines is 1. The predicted molar refractivity (Wildman–Crippen MR) is 104 cm³/mol. The van der Waals surface area contributed by atoms with Gasteiger partial charge in [-0.3, -0.25) is 9.69 Å². The van der Waals surface area contributed by atoms with Crippen molar-refractivity contribution in [1.29, 1.82) is 0 Å². The Labute approximate surface area is 160 Å². The summed E-state index contributed by atoms with van der Waals surface area (Å²) in [5, 5.41) is 0. The molecule has 1 aromatic carbocycles. The number of hydrogen-bond donors (Lipinski definition) is 0. The van der Waals surface area contributed by atoms with Crippen LogP contribution < -0.4 is 4.90 Å². The fraction of sp³-hybridized carbons (Fsp3) is 0.500. The summed E-state index contributed by atoms with van der Waals surface area (Å²) in [6, 6.07) is 8.56. The van der Waals surface area contributed by atoms with Crippen molar-refractivity contribution in [3.05, 3.63) is 53.6 Å². The van der Waals surface area contributed by atoms with E-state index in [1.807, 2.05) is 0 Å². The molecule has 0 radical (unpaired) electrons. The first kappa shape index (κ1) is 17.0. The van der Waals surface area contributed by atoms with Gasteiger partial charge in [-0.25, -0.2) is 0 Å². The molecule has 0 bridgehead atoms. The third-order valence-corrected chi connectivity index (χ3v) is 7.27. The standard InChI is InChI=1S/C22H26N2O3/c1-4-15-9-10-19-22-21(11-12-24(19)13-15,17(14-27-22)20(25)26-3)16-7-5-6-8-18(16)23(22)2/h4-10,17,19H,11-14H2,1-3H3/b15-4+/t17-,19+,21+,22+/m1/s1. The van der Waals surface area contributed by atoms with E-state index in [4.69, 9.17) is 9.47 Å². The fourth-order valence-corrected chi connectivity index (χ4v) is 6.10. The molecule has 0 aliphatic carbocycles. The number of carbonyl (C=O) groups excluding carboxylic acids is 1. The van der Waals surface area contributed by atoms with Crippen molar-refractivity contribution in [2.75, 3.05) is 38.8 Å². The Hall–Kier alpha value is -2.11. The number of nitrogens with zero attached hydrogens (tertiary/aromatic N) is 2. The molecule has 4 aliphatic rings. The Morgan fingerprint density at radius 2 is 2.19 bits per heavy atom. The summed E-state index contributed by atoms with van der Waals surface area (Å²) in [6.45, 7) is 4.35. The molecule has 0 aromatic heterocycles. The van der Waals surface area contributed by atoms with Crippen LogP contribution >= 0.6 is 0 Å². The molecule has 1 aromatic rings. The monoisotopic (exact) mass is 366 g/mol. The van der Waals surface area contributed by atoms with Crippen molar-refractivity contribution in [3.63, 3.8) is 0 Å². The lowest BCUT2D eigenvalue weighted by Gasteiger charge is -2.56. The number of allylic oxidation sites excluding steroid dienone is 1. The van der Waals surface area contributed by atoms with Crippen LogP contribution in [0.5, 0.6) is 0 Å². The minimum atomic E-state index is -0.580. The highest BCUT2D eigenvalue weighted by molar-refractivity contribution is 5.80. The lowest BCUT2D eigenvalue weighted by molar-refractivity contribution is -0.148. The molecule has 5 rings (SSSR count). The lowest BCUT2D eigenvalue weighted by atomic mass is 9.60. The van der Waals surface area contributed by atoms with Crippen LogP contribution in [0.2, 0.25) is 0 Å². The molecule has 142 valence electrons. The second-order valence-electron chi connectivity index (χ2n) is 8.02. The van der Waals surface area contributed by atoms with Crippen molar-refractivity contribution in [1.82, 2.24) is 4.90 Å². The molecule has 0 saturated carbocycles. The zero-order valence-electron chi connectivity index (χ0n) is 16.1. The Balaban J connectivity index is 1.75. The van der Waals surface area contributed by atoms with Gasteiger partial charge in [-0.2, -0.15) is 0 Å². The van der Waals surface area contributed by atoms with E-state index in [9.17, 15) is 4.79 Å². The highest BCUT2D eigenvalue weighted by Crippen LogP contribution is 2.65. The van der Waals surface area contributed by atoms with Gasteiger partial charge in [-0.15, -0.1) is 0 Å². The first-order valence-corrected chi connectivity index (χ1v) is 9.72. The van der Waals surface area contributed by atoms with Gasteiger partial charge < -0.3 is 14.4 Å². The zero-order valence-corrected chi connectivity index (χ0v) is 16.1. The van der Waals surface area contributed by atoms with Crippen LogP contribution in [-0.4, -0.2) is 56.5 Å². The van der Waals surface area contributed by atoms with Crippen molar-refractivity contribution in [2.45, 2.75) is 30.5 Å². The smallest absolute Gasteiger partial charge is 0.312 e. The van der Waals surface area contributed by atoms with Crippen molar-refractivity contribution < 1.29 is 14.3 Å². The molecular formula is C22H26N2O3. The molecule has 2 fully saturated rings. The zero-order chi connectivity index (χ0) is 18.8. The highest BCUT2D eigenvalue weighted by atomic mass is 16.5. The number of esters is 1. The van der Waals surface area contributed by atoms with Crippen LogP contribution in [0.15, 0.2) is 48.1 Å². The number of hydrogen-bond acceptors (Lipinski definition) is 5. The van der Waals surface area contributed by atoms with Gasteiger partial charge in [-0.1, -0.05) is 36.4 Å². The van der Waals surface area contributed by atoms with E-state index >= 15 is 0 Å². The minimum absolute atomic E-state index is 0.0991. The molecule has 0 amide bonds. The quantitative estimate of drug-likeness (QED) is 0.715. The molecule has 2 saturated heterocycles. The van der Waals surface area contributed by atoms with Gasteiger partial charge in [0.1, 0.15) is 0 Å². The number of rotatable bonds is 1. The average molecular weight is 366 g/mol. The second-order valence-corrected chi connectivity index (χ2v) is 8.02. The van der Waals surface area contributed by atoms with Crippen molar-refractivity contribution in [2.24, 2.45) is 5.92 Å². The number of likely N-dealkylation sites (N-methyl/N-ethyl adjacent to an activating group) is 1. The minimum Gasteiger partial charge on any atom is -0.469 e. The summed E-state index contributed by atoms with van der Waals surface area (Å²) in [5.74, 6) is -0.448. The lowest BCUT2D eigenvalue weighted by Crippen LogP contribution is -2.72. The Morgan fingerprint density at radius 1 is 1.37 bits per heavy atom. The normalized spacial score (nSPS) is 38.3. The second kappa shape index (κ2) is 5.69. The molecule has 4 heterocycles. The number of para-hydroxylation sites is 1. The van der Waals surface area contributed by atoms with E-state index in [2.05, 4.69) is 66.3 Å². The van der Waals surface area contributed by atoms with Gasteiger partial charge in [-0.05, 0) is 30.5 Å². The molecule has 0 unspecified atom stereocenters. The molecule has 5 heteroatoms. The van der Waals surface area contributed by atoms with Gasteiger partial charge >= 0.3 is 5.97 Å². The summed E-state index contributed by atoms with van der Waals surface area (Å²) >= 11 is 0. The van der Waals surface area contributed by atoms with Crippen LogP contribution in [0.4, 0.5) is 5.69 Å². The first-order valence-electron chi connectivity index (χ1n) is 9.72. The number of benzene rings is 1. The Morgan fingerprint density at radius 3 is 2.96 bits per heavy atom. The summed E-state index contributed by atoms with van der Waals surface area (Å²) in [5.41, 5.74) is 2.76. The van der Waals surface area contributed by atoms with Crippen LogP contribution in [-0.2, 0) is 19.7 Å². The highest BCUT2D eigenvalue weighted by Gasteiger charge is 2.75. The number of carbonyl (C=O) groups is 1. The maximum atomic E-state index is 12.8. The predicted octanol–water partition coefficient (Wildman–Crippen LogP) is 2.48. The van der Waals surface area contributed by atoms with E-state index in [0.29, 0.717) is 6.61 Å². The maximum absolute atomic E-state index is 12.8. The van der Waals surface area contributed by atoms with Crippen LogP contribution in [0, 0.1) is 5.92 Å². The Bertz CT molecular complexity index is 863. The SMILES string of the molecule is C/C=C1\C=C[C@@H]2N(CC[C@@]34c5ccccc5N(C)[C@]23OC[C@@H]4C(=O)OC)C1. The van der Waals surface area contributed by atoms with E-state index in [1.54, 1.807) is 0 Å². The van der Waals surface area contributed by atoms with Gasteiger partial charge in [0, 0.05) is 25.8 Å². The van der Waals surface area contributed by atoms with E-state index in [1.165, 1.54) is 18.2 Å². The summed E-state index contributed by atoms with van der Waals surface area (Å²) in [6.07, 6.45) is 7.55. The van der Waals surface area contributed by atoms with E-state index in [0.717, 1.165) is 25.2 Å². The Kier molecular flexibility index (Phi) is 3.59. The molecule has 4 aliphatic heterocycles. The largest absolute Gasteiger partial charge is 0.469 e. The van der Waals surface area contributed by atoms with Gasteiger partial charge in [0.25, 0.3) is 0 Å². The molecule has 0 N–H and O–H groups in total. The topological polar surface area (TPSA) is 42.0 Å². The van der Waals surface area contributed by atoms with Crippen molar-refractivity contribution >= 4 is 11.7 Å². The third-order valence-electron chi connectivity index (χ3n) is 7.27. The number of piperidine rings is 1. The molecule has 5 nitrogen and oxygen atoms in total. The van der Waals surface area contributed by atoms with Crippen LogP contribution in [0.25, 0.3) is 0 Å². The summed E-state index contributed by atoms with van der Waals surface area (Å²) in [7, 11) is 3.60. The van der Waals surface area contributed by atoms with E-state index < -0.39 is 5.72 Å². The first-order chi connectivity index (χ1) is 13.1. The summed E-state index contributed by atoms with van der Waals surface area (Å²) < 4.78 is 11.9. The van der Waals surface area contributed by atoms with Gasteiger partial charge in [0.05, 0.1) is 31.1 Å². The summed E-state index contributed by atoms with van der Waals surface area (Å²) in [4.78, 5) is 17.6. The van der Waals surface area contributed by atoms with Crippen molar-refractivity contribution in [3.8, 4) is 0 Å². The average Bonchev–Trinajstić information content (AvgIpc) is 3.19. The molecule has 27 heavy (non-hydrogen) atoms. The van der Waals surface area contributed by atoms with E-state index in [-0.39, 0.29) is 23.3 Å². The van der Waals surface area contributed by atoms with Crippen LogP contribution in [0.1, 0.15) is 18.9 Å². The maximum Gasteiger partial charge on any atom is 0.312 e.